The Bertz CT molecular complexity index is 931. The van der Waals surface area contributed by atoms with Gasteiger partial charge in [0.15, 0.2) is 18.1 Å². The van der Waals surface area contributed by atoms with Gasteiger partial charge in [-0.2, -0.15) is 4.39 Å². The van der Waals surface area contributed by atoms with Gasteiger partial charge in [-0.3, -0.25) is 14.9 Å². The van der Waals surface area contributed by atoms with E-state index in [1.165, 1.54) is 6.07 Å². The highest BCUT2D eigenvalue weighted by Crippen LogP contribution is 2.32. The Kier molecular flexibility index (Phi) is 5.15. The molecule has 0 aromatic heterocycles. The highest BCUT2D eigenvalue weighted by Gasteiger charge is 2.16. The van der Waals surface area contributed by atoms with Gasteiger partial charge >= 0.3 is 5.69 Å². The molecule has 0 fully saturated rings. The third-order valence-corrected chi connectivity index (χ3v) is 3.61. The third kappa shape index (κ3) is 4.29. The molecule has 140 valence electrons. The molecular formula is C17H14FN3O6. The van der Waals surface area contributed by atoms with Crippen LogP contribution in [0.1, 0.15) is 12.5 Å². The molecule has 0 spiro atoms. The first kappa shape index (κ1) is 18.1. The van der Waals surface area contributed by atoms with Crippen molar-refractivity contribution in [2.75, 3.05) is 18.7 Å². The normalized spacial score (nSPS) is 12.6. The molecule has 27 heavy (non-hydrogen) atoms. The lowest BCUT2D eigenvalue weighted by Crippen LogP contribution is -2.17. The topological polar surface area (TPSA) is 112 Å². The number of nitrogens with zero attached hydrogens (tertiary/aromatic N) is 2. The Morgan fingerprint density at radius 3 is 2.85 bits per heavy atom. The molecule has 10 heteroatoms. The zero-order valence-electron chi connectivity index (χ0n) is 14.1. The number of amides is 1. The molecule has 0 aliphatic carbocycles. The largest absolute Gasteiger partial charge is 0.454 e. The number of nitro groups is 1. The lowest BCUT2D eigenvalue weighted by Gasteiger charge is -2.06. The highest BCUT2D eigenvalue weighted by atomic mass is 19.1. The molecule has 9 nitrogen and oxygen atoms in total. The van der Waals surface area contributed by atoms with Crippen molar-refractivity contribution in [3.05, 3.63) is 57.9 Å². The number of rotatable bonds is 6. The molecular weight excluding hydrogens is 361 g/mol. The van der Waals surface area contributed by atoms with E-state index < -0.39 is 28.9 Å². The standard InChI is InChI=1S/C17H14FN3O6/c1-10(11-2-5-15-16(6-11)26-9-25-15)20-27-8-17(22)19-12-3-4-13(18)14(7-12)21(23)24/h2-7H,8-9H2,1H3,(H,19,22)/b20-10-. The number of fused-ring (bicyclic) bond motifs is 1. The van der Waals surface area contributed by atoms with Gasteiger partial charge in [0, 0.05) is 17.3 Å². The Morgan fingerprint density at radius 1 is 1.30 bits per heavy atom. The summed E-state index contributed by atoms with van der Waals surface area (Å²) in [5.41, 5.74) is 0.589. The minimum absolute atomic E-state index is 0.0770. The number of hydrogen-bond acceptors (Lipinski definition) is 7. The zero-order chi connectivity index (χ0) is 19.4. The summed E-state index contributed by atoms with van der Waals surface area (Å²) in [5, 5.41) is 16.9. The van der Waals surface area contributed by atoms with Crippen molar-refractivity contribution >= 4 is 23.0 Å². The molecule has 1 aliphatic rings. The summed E-state index contributed by atoms with van der Waals surface area (Å²) in [6, 6.07) is 8.28. The molecule has 3 rings (SSSR count). The van der Waals surface area contributed by atoms with Crippen molar-refractivity contribution in [3.8, 4) is 11.5 Å². The molecule has 1 N–H and O–H groups in total. The summed E-state index contributed by atoms with van der Waals surface area (Å²) < 4.78 is 23.8. The number of nitrogens with one attached hydrogen (secondary N) is 1. The number of nitro benzene ring substituents is 1. The van der Waals surface area contributed by atoms with E-state index in [0.717, 1.165) is 17.7 Å². The molecule has 0 radical (unpaired) electrons. The summed E-state index contributed by atoms with van der Waals surface area (Å²) in [4.78, 5) is 26.7. The number of oxime groups is 1. The van der Waals surface area contributed by atoms with E-state index in [1.54, 1.807) is 25.1 Å². The molecule has 2 aromatic carbocycles. The molecule has 0 unspecified atom stereocenters. The first-order chi connectivity index (χ1) is 12.9. The smallest absolute Gasteiger partial charge is 0.306 e. The van der Waals surface area contributed by atoms with Crippen LogP contribution in [-0.2, 0) is 9.63 Å². The molecule has 1 aliphatic heterocycles. The highest BCUT2D eigenvalue weighted by molar-refractivity contribution is 5.99. The van der Waals surface area contributed by atoms with Crippen LogP contribution >= 0.6 is 0 Å². The van der Waals surface area contributed by atoms with Gasteiger partial charge in [-0.1, -0.05) is 5.16 Å². The second-order valence-electron chi connectivity index (χ2n) is 5.49. The van der Waals surface area contributed by atoms with Gasteiger partial charge in [-0.15, -0.1) is 0 Å². The summed E-state index contributed by atoms with van der Waals surface area (Å²) in [6.07, 6.45) is 0. The van der Waals surface area contributed by atoms with Gasteiger partial charge in [0.2, 0.25) is 12.6 Å². The number of halogens is 1. The Hall–Kier alpha value is -3.69. The van der Waals surface area contributed by atoms with Gasteiger partial charge in [0.05, 0.1) is 10.6 Å². The monoisotopic (exact) mass is 375 g/mol. The third-order valence-electron chi connectivity index (χ3n) is 3.61. The minimum atomic E-state index is -0.988. The van der Waals surface area contributed by atoms with E-state index in [1.807, 2.05) is 0 Å². The summed E-state index contributed by atoms with van der Waals surface area (Å²) >= 11 is 0. The van der Waals surface area contributed by atoms with E-state index in [4.69, 9.17) is 14.3 Å². The predicted molar refractivity (Wildman–Crippen MR) is 92.4 cm³/mol. The van der Waals surface area contributed by atoms with Crippen LogP contribution in [0.3, 0.4) is 0 Å². The van der Waals surface area contributed by atoms with Gasteiger partial charge in [0.25, 0.3) is 5.91 Å². The molecule has 0 saturated heterocycles. The maximum absolute atomic E-state index is 13.3. The molecule has 0 atom stereocenters. The number of ether oxygens (including phenoxy) is 2. The second-order valence-corrected chi connectivity index (χ2v) is 5.49. The molecule has 1 amide bonds. The minimum Gasteiger partial charge on any atom is -0.454 e. The number of anilines is 1. The van der Waals surface area contributed by atoms with Crippen molar-refractivity contribution < 1.29 is 28.4 Å². The van der Waals surface area contributed by atoms with Crippen molar-refractivity contribution in [2.24, 2.45) is 5.16 Å². The van der Waals surface area contributed by atoms with Crippen LogP contribution in [0.2, 0.25) is 0 Å². The lowest BCUT2D eigenvalue weighted by atomic mass is 10.1. The van der Waals surface area contributed by atoms with Crippen LogP contribution in [0.25, 0.3) is 0 Å². The van der Waals surface area contributed by atoms with Crippen LogP contribution in [0.15, 0.2) is 41.6 Å². The fourth-order valence-electron chi connectivity index (χ4n) is 2.29. The van der Waals surface area contributed by atoms with E-state index in [0.29, 0.717) is 17.2 Å². The fourth-order valence-corrected chi connectivity index (χ4v) is 2.29. The summed E-state index contributed by atoms with van der Waals surface area (Å²) in [5.74, 6) is -0.353. The first-order valence-corrected chi connectivity index (χ1v) is 7.74. The molecule has 0 saturated carbocycles. The van der Waals surface area contributed by atoms with Crippen LogP contribution in [0.5, 0.6) is 11.5 Å². The van der Waals surface area contributed by atoms with E-state index in [-0.39, 0.29) is 12.5 Å². The van der Waals surface area contributed by atoms with Crippen LogP contribution < -0.4 is 14.8 Å². The fraction of sp³-hybridized carbons (Fsp3) is 0.176. The van der Waals surface area contributed by atoms with E-state index in [2.05, 4.69) is 10.5 Å². The average molecular weight is 375 g/mol. The Morgan fingerprint density at radius 2 is 2.07 bits per heavy atom. The van der Waals surface area contributed by atoms with Gasteiger partial charge in [0.1, 0.15) is 0 Å². The van der Waals surface area contributed by atoms with Crippen molar-refractivity contribution in [1.82, 2.24) is 0 Å². The quantitative estimate of drug-likeness (QED) is 0.472. The summed E-state index contributed by atoms with van der Waals surface area (Å²) in [6.45, 7) is 1.43. The van der Waals surface area contributed by atoms with Crippen LogP contribution in [0, 0.1) is 15.9 Å². The number of hydrogen-bond donors (Lipinski definition) is 1. The van der Waals surface area contributed by atoms with E-state index in [9.17, 15) is 19.3 Å². The van der Waals surface area contributed by atoms with E-state index >= 15 is 0 Å². The Balaban J connectivity index is 1.57. The SMILES string of the molecule is C/C(=N/OCC(=O)Nc1ccc(F)c([N+](=O)[O-])c1)c1ccc2c(c1)OCO2. The lowest BCUT2D eigenvalue weighted by molar-refractivity contribution is -0.387. The average Bonchev–Trinajstić information content (AvgIpc) is 3.10. The predicted octanol–water partition coefficient (Wildman–Crippen LogP) is 2.84. The zero-order valence-corrected chi connectivity index (χ0v) is 14.1. The van der Waals surface area contributed by atoms with Gasteiger partial charge in [-0.05, 0) is 37.3 Å². The van der Waals surface area contributed by atoms with Crippen LogP contribution in [0.4, 0.5) is 15.8 Å². The molecule has 2 aromatic rings. The number of carbonyl (C=O) groups is 1. The first-order valence-electron chi connectivity index (χ1n) is 7.74. The van der Waals surface area contributed by atoms with Gasteiger partial charge in [-0.25, -0.2) is 0 Å². The second kappa shape index (κ2) is 7.68. The molecule has 0 bridgehead atoms. The van der Waals surface area contributed by atoms with Gasteiger partial charge < -0.3 is 19.6 Å². The maximum Gasteiger partial charge on any atom is 0.306 e. The summed E-state index contributed by atoms with van der Waals surface area (Å²) in [7, 11) is 0. The molecule has 1 heterocycles. The number of benzene rings is 2. The van der Waals surface area contributed by atoms with Crippen molar-refractivity contribution in [1.29, 1.82) is 0 Å². The van der Waals surface area contributed by atoms with Crippen LogP contribution in [-0.4, -0.2) is 29.9 Å². The Labute approximate surface area is 152 Å². The van der Waals surface area contributed by atoms with Crippen molar-refractivity contribution in [3.63, 3.8) is 0 Å². The maximum atomic E-state index is 13.3. The van der Waals surface area contributed by atoms with Crippen molar-refractivity contribution in [2.45, 2.75) is 6.92 Å². The number of carbonyl (C=O) groups excluding carboxylic acids is 1.